The van der Waals surface area contributed by atoms with Crippen molar-refractivity contribution >= 4 is 17.9 Å². The molecule has 0 radical (unpaired) electrons. The highest BCUT2D eigenvalue weighted by molar-refractivity contribution is 5.90. The Hall–Kier alpha value is -5.37. The number of esters is 3. The number of carbonyl (C=O) groups excluding carboxylic acids is 3. The third-order valence-corrected chi connectivity index (χ3v) is 13.6. The Morgan fingerprint density at radius 2 is 0.667 bits per heavy atom. The second-order valence-electron chi connectivity index (χ2n) is 19.5. The lowest BCUT2D eigenvalue weighted by Crippen LogP contribution is -2.62. The zero-order valence-electron chi connectivity index (χ0n) is 42.7. The molecule has 4 saturated heterocycles. The first-order valence-corrected chi connectivity index (χ1v) is 25.2. The monoisotopic (exact) mass is 1160 g/mol. The normalized spacial score (nSPS) is 34.4. The molecule has 0 bridgehead atoms. The van der Waals surface area contributed by atoms with Gasteiger partial charge >= 0.3 is 17.9 Å². The van der Waals surface area contributed by atoms with E-state index in [1.54, 1.807) is 0 Å². The molecular weight excluding hydrogens is 1090 g/mol. The molecule has 0 spiro atoms. The van der Waals surface area contributed by atoms with Gasteiger partial charge < -0.3 is 134 Å². The third kappa shape index (κ3) is 15.6. The first-order valence-electron chi connectivity index (χ1n) is 25.2. The van der Waals surface area contributed by atoms with E-state index in [1.807, 2.05) is 0 Å². The van der Waals surface area contributed by atoms with Gasteiger partial charge in [-0.25, -0.2) is 4.79 Å². The van der Waals surface area contributed by atoms with E-state index in [1.165, 1.54) is 72.8 Å². The van der Waals surface area contributed by atoms with Crippen molar-refractivity contribution in [3.8, 4) is 17.2 Å². The van der Waals surface area contributed by atoms with Gasteiger partial charge in [-0.15, -0.1) is 0 Å². The van der Waals surface area contributed by atoms with Crippen LogP contribution in [0.5, 0.6) is 17.2 Å². The molecular formula is C51H66O30. The summed E-state index contributed by atoms with van der Waals surface area (Å²) >= 11 is 0. The van der Waals surface area contributed by atoms with Gasteiger partial charge in [-0.05, 0) is 53.1 Å². The van der Waals surface area contributed by atoms with Gasteiger partial charge in [-0.3, -0.25) is 9.59 Å². The predicted molar refractivity (Wildman–Crippen MR) is 259 cm³/mol. The van der Waals surface area contributed by atoms with Crippen LogP contribution in [-0.2, 0) is 72.1 Å². The molecule has 450 valence electrons. The molecule has 0 aliphatic carbocycles. The average molecular weight is 1160 g/mol. The molecule has 4 aliphatic heterocycles. The lowest BCUT2D eigenvalue weighted by atomic mass is 9.95. The van der Waals surface area contributed by atoms with E-state index in [4.69, 9.17) is 52.1 Å². The van der Waals surface area contributed by atoms with Gasteiger partial charge in [-0.1, -0.05) is 36.4 Å². The number of aliphatic hydroxyl groups is 16. The Kier molecular flexibility index (Phi) is 22.1. The second-order valence-corrected chi connectivity index (χ2v) is 19.5. The molecule has 4 heterocycles. The van der Waals surface area contributed by atoms with Gasteiger partial charge in [-0.2, -0.15) is 0 Å². The first-order chi connectivity index (χ1) is 38.5. The van der Waals surface area contributed by atoms with E-state index in [0.29, 0.717) is 11.1 Å². The Bertz CT molecular complexity index is 2360. The quantitative estimate of drug-likeness (QED) is 0.0310. The summed E-state index contributed by atoms with van der Waals surface area (Å²) in [4.78, 5) is 40.3. The smallest absolute Gasteiger partial charge is 0.339 e. The number of hydrogen-bond acceptors (Lipinski definition) is 30. The lowest BCUT2D eigenvalue weighted by molar-refractivity contribution is -0.323. The summed E-state index contributed by atoms with van der Waals surface area (Å²) in [7, 11) is 0. The van der Waals surface area contributed by atoms with Crippen LogP contribution < -0.4 is 14.2 Å². The molecule has 4 fully saturated rings. The minimum absolute atomic E-state index is 0.000232. The van der Waals surface area contributed by atoms with Crippen LogP contribution in [0, 0.1) is 0 Å². The third-order valence-electron chi connectivity index (χ3n) is 13.6. The highest BCUT2D eigenvalue weighted by atomic mass is 16.7. The Morgan fingerprint density at radius 1 is 0.383 bits per heavy atom. The van der Waals surface area contributed by atoms with Crippen molar-refractivity contribution in [2.24, 2.45) is 0 Å². The summed E-state index contributed by atoms with van der Waals surface area (Å²) in [6.45, 7) is -4.20. The van der Waals surface area contributed by atoms with Gasteiger partial charge in [0.1, 0.15) is 135 Å². The molecule has 30 heteroatoms. The summed E-state index contributed by atoms with van der Waals surface area (Å²) in [5.74, 6) is -3.65. The van der Waals surface area contributed by atoms with Crippen LogP contribution in [0.4, 0.5) is 0 Å². The molecule has 0 amide bonds. The predicted octanol–water partition coefficient (Wildman–Crippen LogP) is -6.91. The summed E-state index contributed by atoms with van der Waals surface area (Å²) in [6.07, 6.45) is -34.4. The van der Waals surface area contributed by atoms with E-state index in [9.17, 15) is 96.1 Å². The Balaban J connectivity index is 0.959. The maximum absolute atomic E-state index is 13.7. The van der Waals surface area contributed by atoms with Crippen LogP contribution in [0.25, 0.3) is 0 Å². The fourth-order valence-corrected chi connectivity index (χ4v) is 8.67. The molecule has 16 N–H and O–H groups in total. The van der Waals surface area contributed by atoms with Crippen LogP contribution in [-0.4, -0.2) is 254 Å². The zero-order valence-corrected chi connectivity index (χ0v) is 42.7. The van der Waals surface area contributed by atoms with Gasteiger partial charge in [0.25, 0.3) is 0 Å². The van der Waals surface area contributed by atoms with E-state index in [0.717, 1.165) is 0 Å². The largest absolute Gasteiger partial charge is 0.462 e. The van der Waals surface area contributed by atoms with E-state index >= 15 is 0 Å². The van der Waals surface area contributed by atoms with Gasteiger partial charge in [0, 0.05) is 0 Å². The molecule has 0 aromatic heterocycles. The molecule has 3 aromatic carbocycles. The van der Waals surface area contributed by atoms with E-state index in [2.05, 4.69) is 0 Å². The molecule has 3 aromatic rings. The standard InChI is InChI=1S/C51H66O30/c52-15-28-34(57)38(61)42(65)46(78-28)73-21-31-37(60)41(64)45(68)49(81-31)77-27-11-5-24(6-12-27)20-74-50(69)51(70,13-32(55)71-18-22-1-7-25(8-2-22)75-47-43(66)39(62)35(58)29(16-53)79-47)14-33(56)72-19-23-3-9-26(10-4-23)76-48-44(67)40(63)36(59)30(17-54)80-48/h1-12,28-31,34-49,52-54,57-68,70H,13-21H2/t28-,29-,30-,31-,34-,35-,36-,37-,38+,39+,40+,41+,42-,43-,44-,45-,46-,47-,48-,49-/m1/s1. The van der Waals surface area contributed by atoms with Crippen molar-refractivity contribution < 1.29 is 148 Å². The number of aliphatic hydroxyl groups excluding tert-OH is 15. The van der Waals surface area contributed by atoms with Crippen molar-refractivity contribution in [3.63, 3.8) is 0 Å². The van der Waals surface area contributed by atoms with Crippen molar-refractivity contribution in [1.29, 1.82) is 0 Å². The van der Waals surface area contributed by atoms with Crippen LogP contribution in [0.15, 0.2) is 72.8 Å². The minimum Gasteiger partial charge on any atom is -0.462 e. The highest BCUT2D eigenvalue weighted by Gasteiger charge is 2.50. The van der Waals surface area contributed by atoms with E-state index in [-0.39, 0.29) is 22.8 Å². The summed E-state index contributed by atoms with van der Waals surface area (Å²) in [5.41, 5.74) is -1.99. The van der Waals surface area contributed by atoms with Crippen molar-refractivity contribution in [2.45, 2.75) is 161 Å². The highest BCUT2D eigenvalue weighted by Crippen LogP contribution is 2.31. The average Bonchev–Trinajstić information content (AvgIpc) is 3.54. The molecule has 0 saturated carbocycles. The molecule has 0 unspecified atom stereocenters. The number of carbonyl (C=O) groups is 3. The van der Waals surface area contributed by atoms with Gasteiger partial charge in [0.2, 0.25) is 18.9 Å². The number of ether oxygens (including phenoxy) is 11. The van der Waals surface area contributed by atoms with Gasteiger partial charge in [0.15, 0.2) is 11.9 Å². The molecule has 30 nitrogen and oxygen atoms in total. The Labute approximate surface area is 459 Å². The first kappa shape index (κ1) is 63.2. The van der Waals surface area contributed by atoms with Gasteiger partial charge in [0.05, 0.1) is 39.3 Å². The van der Waals surface area contributed by atoms with Crippen molar-refractivity contribution in [1.82, 2.24) is 0 Å². The van der Waals surface area contributed by atoms with Crippen LogP contribution in [0.3, 0.4) is 0 Å². The second kappa shape index (κ2) is 28.3. The van der Waals surface area contributed by atoms with Crippen LogP contribution in [0.1, 0.15) is 29.5 Å². The summed E-state index contributed by atoms with van der Waals surface area (Å²) < 4.78 is 59.9. The lowest BCUT2D eigenvalue weighted by Gasteiger charge is -2.42. The van der Waals surface area contributed by atoms with Crippen molar-refractivity contribution in [2.75, 3.05) is 26.4 Å². The maximum Gasteiger partial charge on any atom is 0.339 e. The molecule has 4 aliphatic rings. The minimum atomic E-state index is -2.91. The van der Waals surface area contributed by atoms with Crippen LogP contribution >= 0.6 is 0 Å². The van der Waals surface area contributed by atoms with Crippen LogP contribution in [0.2, 0.25) is 0 Å². The Morgan fingerprint density at radius 3 is 1.00 bits per heavy atom. The summed E-state index contributed by atoms with van der Waals surface area (Å²) in [5, 5.41) is 163. The zero-order chi connectivity index (χ0) is 58.9. The fourth-order valence-electron chi connectivity index (χ4n) is 8.67. The molecule has 7 rings (SSSR count). The SMILES string of the molecule is O=C(CC(O)(CC(=O)OCc1ccc(O[C@@H]2O[C@H](CO)[C@@H](O)[C@H](O)[C@H]2O)cc1)C(=O)OCc1ccc(O[C@@H]2O[C@H](CO[C@@H]3O[C@H](CO)[C@@H](O)[C@H](O)[C@H]3O)[C@@H](O)[C@H](O)[C@H]2O)cc1)OCc1ccc(O[C@@H]2O[C@H](CO)[C@@H](O)[C@H](O)[C@H]2O)cc1. The topological polar surface area (TPSA) is 476 Å². The number of benzene rings is 3. The molecule has 81 heavy (non-hydrogen) atoms. The summed E-state index contributed by atoms with van der Waals surface area (Å²) in [6, 6.07) is 16.6. The maximum atomic E-state index is 13.7. The van der Waals surface area contributed by atoms with E-state index < -0.39 is 205 Å². The molecule has 20 atom stereocenters. The number of rotatable bonds is 23. The fraction of sp³-hybridized carbons (Fsp3) is 0.588. The number of hydrogen-bond donors (Lipinski definition) is 16. The van der Waals surface area contributed by atoms with Crippen molar-refractivity contribution in [3.05, 3.63) is 89.5 Å².